The van der Waals surface area contributed by atoms with E-state index in [4.69, 9.17) is 4.74 Å². The molecule has 0 saturated carbocycles. The number of rotatable bonds is 7. The Bertz CT molecular complexity index is 584. The maximum Gasteiger partial charge on any atom is 0.118 e. The molecular formula is C18H24N2O2. The number of hydrogen-bond acceptors (Lipinski definition) is 4. The molecule has 2 rings (SSSR count). The fourth-order valence-corrected chi connectivity index (χ4v) is 2.46. The maximum atomic E-state index is 10.3. The van der Waals surface area contributed by atoms with Crippen LogP contribution in [0.4, 0.5) is 0 Å². The first-order valence-corrected chi connectivity index (χ1v) is 7.56. The number of benzene rings is 1. The highest BCUT2D eigenvalue weighted by Gasteiger charge is 2.12. The van der Waals surface area contributed by atoms with E-state index in [2.05, 4.69) is 29.4 Å². The lowest BCUT2D eigenvalue weighted by atomic mass is 10.1. The molecule has 0 aliphatic heterocycles. The van der Waals surface area contributed by atoms with E-state index in [1.54, 1.807) is 13.3 Å². The molecule has 4 nitrogen and oxygen atoms in total. The molecule has 0 fully saturated rings. The highest BCUT2D eigenvalue weighted by molar-refractivity contribution is 5.27. The SMILES string of the molecule is COc1ccc(C[C@@H](C)NC[C@H](O)c2cccnc2C)cc1. The van der Waals surface area contributed by atoms with E-state index in [0.29, 0.717) is 6.54 Å². The van der Waals surface area contributed by atoms with Crippen molar-refractivity contribution in [3.05, 3.63) is 59.4 Å². The van der Waals surface area contributed by atoms with Crippen molar-refractivity contribution in [3.8, 4) is 5.75 Å². The van der Waals surface area contributed by atoms with Gasteiger partial charge in [-0.1, -0.05) is 18.2 Å². The van der Waals surface area contributed by atoms with Gasteiger partial charge < -0.3 is 15.2 Å². The van der Waals surface area contributed by atoms with Gasteiger partial charge in [0.15, 0.2) is 0 Å². The molecule has 0 amide bonds. The molecule has 0 spiro atoms. The normalized spacial score (nSPS) is 13.6. The zero-order valence-corrected chi connectivity index (χ0v) is 13.4. The standard InChI is InChI=1S/C18H24N2O2/c1-13(11-15-6-8-16(22-3)9-7-15)20-12-18(21)17-5-4-10-19-14(17)2/h4-10,13,18,20-21H,11-12H2,1-3H3/t13-,18+/m1/s1. The summed E-state index contributed by atoms with van der Waals surface area (Å²) >= 11 is 0. The summed E-state index contributed by atoms with van der Waals surface area (Å²) in [4.78, 5) is 4.21. The molecule has 1 aromatic carbocycles. The third-order valence-corrected chi connectivity index (χ3v) is 3.77. The molecule has 1 heterocycles. The third-order valence-electron chi connectivity index (χ3n) is 3.77. The van der Waals surface area contributed by atoms with Crippen LogP contribution in [-0.4, -0.2) is 29.8 Å². The number of aromatic nitrogens is 1. The first-order valence-electron chi connectivity index (χ1n) is 7.56. The lowest BCUT2D eigenvalue weighted by Gasteiger charge is -2.18. The van der Waals surface area contributed by atoms with E-state index in [1.165, 1.54) is 5.56 Å². The Morgan fingerprint density at radius 2 is 1.95 bits per heavy atom. The smallest absolute Gasteiger partial charge is 0.118 e. The average molecular weight is 300 g/mol. The molecule has 22 heavy (non-hydrogen) atoms. The molecule has 0 aliphatic rings. The number of ether oxygens (including phenoxy) is 1. The quantitative estimate of drug-likeness (QED) is 0.825. The van der Waals surface area contributed by atoms with Crippen molar-refractivity contribution in [2.24, 2.45) is 0 Å². The number of pyridine rings is 1. The van der Waals surface area contributed by atoms with E-state index < -0.39 is 6.10 Å². The van der Waals surface area contributed by atoms with Crippen LogP contribution in [0.15, 0.2) is 42.6 Å². The number of methoxy groups -OCH3 is 1. The van der Waals surface area contributed by atoms with E-state index in [0.717, 1.165) is 23.4 Å². The van der Waals surface area contributed by atoms with Crippen LogP contribution in [0.1, 0.15) is 29.8 Å². The lowest BCUT2D eigenvalue weighted by Crippen LogP contribution is -2.32. The van der Waals surface area contributed by atoms with Crippen LogP contribution >= 0.6 is 0 Å². The van der Waals surface area contributed by atoms with Gasteiger partial charge in [0.25, 0.3) is 0 Å². The summed E-state index contributed by atoms with van der Waals surface area (Å²) in [6, 6.07) is 12.1. The van der Waals surface area contributed by atoms with E-state index in [9.17, 15) is 5.11 Å². The van der Waals surface area contributed by atoms with Gasteiger partial charge in [-0.15, -0.1) is 0 Å². The van der Waals surface area contributed by atoms with E-state index in [-0.39, 0.29) is 6.04 Å². The van der Waals surface area contributed by atoms with Crippen molar-refractivity contribution < 1.29 is 9.84 Å². The Labute approximate surface area is 132 Å². The summed E-state index contributed by atoms with van der Waals surface area (Å²) in [5, 5.41) is 13.6. The Balaban J connectivity index is 1.84. The van der Waals surface area contributed by atoms with Crippen molar-refractivity contribution in [2.75, 3.05) is 13.7 Å². The number of hydrogen-bond donors (Lipinski definition) is 2. The average Bonchev–Trinajstić information content (AvgIpc) is 2.54. The Hall–Kier alpha value is -1.91. The topological polar surface area (TPSA) is 54.4 Å². The molecule has 1 aromatic heterocycles. The number of aryl methyl sites for hydroxylation is 1. The predicted octanol–water partition coefficient (Wildman–Crippen LogP) is 2.65. The molecule has 0 unspecified atom stereocenters. The van der Waals surface area contributed by atoms with E-state index in [1.807, 2.05) is 31.2 Å². The molecule has 0 radical (unpaired) electrons. The minimum absolute atomic E-state index is 0.278. The van der Waals surface area contributed by atoms with Gasteiger partial charge in [0.05, 0.1) is 13.2 Å². The molecule has 0 saturated heterocycles. The Morgan fingerprint density at radius 3 is 2.59 bits per heavy atom. The minimum atomic E-state index is -0.535. The highest BCUT2D eigenvalue weighted by Crippen LogP contribution is 2.15. The molecule has 4 heteroatoms. The molecule has 0 bridgehead atoms. The zero-order valence-electron chi connectivity index (χ0n) is 13.4. The minimum Gasteiger partial charge on any atom is -0.497 e. The summed E-state index contributed by atoms with van der Waals surface area (Å²) in [6.45, 7) is 4.55. The molecule has 2 atom stereocenters. The Morgan fingerprint density at radius 1 is 1.23 bits per heavy atom. The van der Waals surface area contributed by atoms with Gasteiger partial charge in [0.1, 0.15) is 5.75 Å². The fourth-order valence-electron chi connectivity index (χ4n) is 2.46. The number of nitrogens with zero attached hydrogens (tertiary/aromatic N) is 1. The van der Waals surface area contributed by atoms with Gasteiger partial charge in [0, 0.05) is 30.0 Å². The van der Waals surface area contributed by atoms with Gasteiger partial charge in [0.2, 0.25) is 0 Å². The second kappa shape index (κ2) is 7.92. The van der Waals surface area contributed by atoms with Crippen molar-refractivity contribution >= 4 is 0 Å². The van der Waals surface area contributed by atoms with Crippen LogP contribution in [0, 0.1) is 6.92 Å². The van der Waals surface area contributed by atoms with Gasteiger partial charge in [-0.05, 0) is 44.0 Å². The van der Waals surface area contributed by atoms with Crippen molar-refractivity contribution in [3.63, 3.8) is 0 Å². The third kappa shape index (κ3) is 4.55. The van der Waals surface area contributed by atoms with Crippen molar-refractivity contribution in [2.45, 2.75) is 32.4 Å². The summed E-state index contributed by atoms with van der Waals surface area (Å²) in [5.74, 6) is 0.867. The van der Waals surface area contributed by atoms with Crippen LogP contribution in [0.5, 0.6) is 5.75 Å². The molecule has 0 aliphatic carbocycles. The van der Waals surface area contributed by atoms with Gasteiger partial charge in [-0.2, -0.15) is 0 Å². The van der Waals surface area contributed by atoms with Crippen molar-refractivity contribution in [1.82, 2.24) is 10.3 Å². The number of nitrogens with one attached hydrogen (secondary N) is 1. The predicted molar refractivity (Wildman–Crippen MR) is 88.1 cm³/mol. The van der Waals surface area contributed by atoms with Crippen LogP contribution in [0.3, 0.4) is 0 Å². The summed E-state index contributed by atoms with van der Waals surface area (Å²) in [6.07, 6.45) is 2.11. The van der Waals surface area contributed by atoms with Crippen LogP contribution in [-0.2, 0) is 6.42 Å². The zero-order chi connectivity index (χ0) is 15.9. The van der Waals surface area contributed by atoms with Gasteiger partial charge >= 0.3 is 0 Å². The fraction of sp³-hybridized carbons (Fsp3) is 0.389. The van der Waals surface area contributed by atoms with Crippen LogP contribution < -0.4 is 10.1 Å². The highest BCUT2D eigenvalue weighted by atomic mass is 16.5. The molecule has 118 valence electrons. The van der Waals surface area contributed by atoms with E-state index >= 15 is 0 Å². The number of aliphatic hydroxyl groups excluding tert-OH is 1. The van der Waals surface area contributed by atoms with Crippen LogP contribution in [0.2, 0.25) is 0 Å². The second-order valence-electron chi connectivity index (χ2n) is 5.56. The summed E-state index contributed by atoms with van der Waals surface area (Å²) < 4.78 is 5.16. The first-order chi connectivity index (χ1) is 10.6. The molecule has 2 N–H and O–H groups in total. The second-order valence-corrected chi connectivity index (χ2v) is 5.56. The summed E-state index contributed by atoms with van der Waals surface area (Å²) in [7, 11) is 1.67. The largest absolute Gasteiger partial charge is 0.497 e. The van der Waals surface area contributed by atoms with Crippen LogP contribution in [0.25, 0.3) is 0 Å². The molecular weight excluding hydrogens is 276 g/mol. The van der Waals surface area contributed by atoms with Gasteiger partial charge in [-0.3, -0.25) is 4.98 Å². The van der Waals surface area contributed by atoms with Crippen molar-refractivity contribution in [1.29, 1.82) is 0 Å². The lowest BCUT2D eigenvalue weighted by molar-refractivity contribution is 0.169. The monoisotopic (exact) mass is 300 g/mol. The van der Waals surface area contributed by atoms with Gasteiger partial charge in [-0.25, -0.2) is 0 Å². The first kappa shape index (κ1) is 16.5. The number of aliphatic hydroxyl groups is 1. The maximum absolute atomic E-state index is 10.3. The Kier molecular flexibility index (Phi) is 5.92. The molecule has 2 aromatic rings. The summed E-state index contributed by atoms with van der Waals surface area (Å²) in [5.41, 5.74) is 3.00.